The molecule has 0 spiro atoms. The molecule has 0 fully saturated rings. The van der Waals surface area contributed by atoms with Gasteiger partial charge in [-0.15, -0.1) is 0 Å². The van der Waals surface area contributed by atoms with Gasteiger partial charge < -0.3 is 10.0 Å². The quantitative estimate of drug-likeness (QED) is 0.456. The van der Waals surface area contributed by atoms with Crippen LogP contribution in [0.3, 0.4) is 0 Å². The average Bonchev–Trinajstić information content (AvgIpc) is 2.80. The first-order chi connectivity index (χ1) is 13.7. The van der Waals surface area contributed by atoms with Crippen LogP contribution in [0.25, 0.3) is 0 Å². The van der Waals surface area contributed by atoms with E-state index < -0.39 is 5.60 Å². The molecule has 4 aromatic rings. The van der Waals surface area contributed by atoms with E-state index in [-0.39, 0.29) is 0 Å². The number of nitrogens with zero attached hydrogens (tertiary/aromatic N) is 1. The van der Waals surface area contributed by atoms with Crippen LogP contribution in [0.2, 0.25) is 0 Å². The Morgan fingerprint density at radius 1 is 0.571 bits per heavy atom. The van der Waals surface area contributed by atoms with Crippen molar-refractivity contribution in [2.45, 2.75) is 5.60 Å². The molecule has 0 aromatic heterocycles. The third kappa shape index (κ3) is 3.19. The molecule has 0 amide bonds. The van der Waals surface area contributed by atoms with Gasteiger partial charge in [-0.3, -0.25) is 0 Å². The number of benzene rings is 4. The van der Waals surface area contributed by atoms with E-state index in [1.807, 2.05) is 104 Å². The number of aliphatic hydroxyl groups is 1. The minimum absolute atomic E-state index is 0.843. The monoisotopic (exact) mass is 365 g/mol. The Morgan fingerprint density at radius 3 is 1.54 bits per heavy atom. The Kier molecular flexibility index (Phi) is 4.96. The molecular formula is C26H23NO. The van der Waals surface area contributed by atoms with Crippen LogP contribution in [-0.4, -0.2) is 12.2 Å². The summed E-state index contributed by atoms with van der Waals surface area (Å²) in [6, 6.07) is 38.0. The van der Waals surface area contributed by atoms with Gasteiger partial charge in [0, 0.05) is 24.0 Å². The summed E-state index contributed by atoms with van der Waals surface area (Å²) in [6.07, 6.45) is 0. The highest BCUT2D eigenvalue weighted by atomic mass is 16.3. The number of anilines is 2. The summed E-state index contributed by atoms with van der Waals surface area (Å²) in [5.74, 6) is 0. The van der Waals surface area contributed by atoms with E-state index in [0.717, 1.165) is 28.1 Å². The fraction of sp³-hybridized carbons (Fsp3) is 0.0769. The molecule has 2 heteroatoms. The lowest BCUT2D eigenvalue weighted by Crippen LogP contribution is -2.31. The van der Waals surface area contributed by atoms with E-state index in [2.05, 4.69) is 23.1 Å². The van der Waals surface area contributed by atoms with Crippen LogP contribution in [0.15, 0.2) is 115 Å². The SMILES string of the molecule is CN(c1ccccc1)c1ccccc1C(O)(c1ccccc1)c1ccccc1. The molecule has 0 saturated heterocycles. The molecule has 4 aromatic carbocycles. The second-order valence-corrected chi connectivity index (χ2v) is 6.85. The molecule has 0 unspecified atom stereocenters. The van der Waals surface area contributed by atoms with Crippen LogP contribution in [0, 0.1) is 0 Å². The fourth-order valence-electron chi connectivity index (χ4n) is 3.70. The van der Waals surface area contributed by atoms with Crippen LogP contribution >= 0.6 is 0 Å². The Morgan fingerprint density at radius 2 is 1.00 bits per heavy atom. The van der Waals surface area contributed by atoms with E-state index in [9.17, 15) is 5.11 Å². The first-order valence-electron chi connectivity index (χ1n) is 9.43. The molecule has 0 saturated carbocycles. The van der Waals surface area contributed by atoms with Gasteiger partial charge in [0.2, 0.25) is 0 Å². The van der Waals surface area contributed by atoms with Gasteiger partial charge in [0.1, 0.15) is 5.60 Å². The van der Waals surface area contributed by atoms with Crippen molar-refractivity contribution in [2.24, 2.45) is 0 Å². The Balaban J connectivity index is 1.94. The maximum atomic E-state index is 12.2. The van der Waals surface area contributed by atoms with E-state index in [4.69, 9.17) is 0 Å². The molecular weight excluding hydrogens is 342 g/mol. The summed E-state index contributed by atoms with van der Waals surface area (Å²) in [6.45, 7) is 0. The lowest BCUT2D eigenvalue weighted by atomic mass is 9.79. The zero-order valence-corrected chi connectivity index (χ0v) is 15.9. The third-order valence-electron chi connectivity index (χ3n) is 5.18. The largest absolute Gasteiger partial charge is 0.376 e. The van der Waals surface area contributed by atoms with E-state index >= 15 is 0 Å². The fourth-order valence-corrected chi connectivity index (χ4v) is 3.70. The minimum atomic E-state index is -1.26. The van der Waals surface area contributed by atoms with Crippen molar-refractivity contribution in [2.75, 3.05) is 11.9 Å². The minimum Gasteiger partial charge on any atom is -0.376 e. The van der Waals surface area contributed by atoms with Crippen molar-refractivity contribution in [3.05, 3.63) is 132 Å². The van der Waals surface area contributed by atoms with E-state index in [1.165, 1.54) is 0 Å². The zero-order valence-electron chi connectivity index (χ0n) is 15.9. The van der Waals surface area contributed by atoms with Crippen LogP contribution in [0.4, 0.5) is 11.4 Å². The van der Waals surface area contributed by atoms with Gasteiger partial charge in [-0.1, -0.05) is 97.1 Å². The lowest BCUT2D eigenvalue weighted by Gasteiger charge is -2.34. The summed E-state index contributed by atoms with van der Waals surface area (Å²) >= 11 is 0. The van der Waals surface area contributed by atoms with Crippen molar-refractivity contribution in [1.29, 1.82) is 0 Å². The lowest BCUT2D eigenvalue weighted by molar-refractivity contribution is 0.126. The summed E-state index contributed by atoms with van der Waals surface area (Å²) in [5.41, 5.74) is 3.30. The Bertz CT molecular complexity index is 990. The third-order valence-corrected chi connectivity index (χ3v) is 5.18. The normalized spacial score (nSPS) is 11.2. The molecule has 0 aliphatic carbocycles. The van der Waals surface area contributed by atoms with Crippen molar-refractivity contribution < 1.29 is 5.11 Å². The number of hydrogen-bond acceptors (Lipinski definition) is 2. The van der Waals surface area contributed by atoms with Gasteiger partial charge in [0.25, 0.3) is 0 Å². The molecule has 138 valence electrons. The molecule has 0 heterocycles. The van der Waals surface area contributed by atoms with Crippen LogP contribution in [-0.2, 0) is 5.60 Å². The van der Waals surface area contributed by atoms with Gasteiger partial charge in [0.05, 0.1) is 0 Å². The summed E-state index contributed by atoms with van der Waals surface area (Å²) in [4.78, 5) is 2.12. The molecule has 28 heavy (non-hydrogen) atoms. The standard InChI is InChI=1S/C26H23NO/c1-27(23-17-9-4-10-18-23)25-20-12-11-19-24(25)26(28,21-13-5-2-6-14-21)22-15-7-3-8-16-22/h2-20,28H,1H3. The molecule has 0 radical (unpaired) electrons. The second kappa shape index (κ2) is 7.71. The summed E-state index contributed by atoms with van der Waals surface area (Å²) in [5, 5.41) is 12.2. The second-order valence-electron chi connectivity index (χ2n) is 6.85. The van der Waals surface area contributed by atoms with Crippen molar-refractivity contribution in [3.63, 3.8) is 0 Å². The molecule has 0 aliphatic rings. The molecule has 0 aliphatic heterocycles. The molecule has 0 bridgehead atoms. The first-order valence-corrected chi connectivity index (χ1v) is 9.43. The highest BCUT2D eigenvalue weighted by Crippen LogP contribution is 2.42. The van der Waals surface area contributed by atoms with Gasteiger partial charge in [-0.25, -0.2) is 0 Å². The van der Waals surface area contributed by atoms with Gasteiger partial charge >= 0.3 is 0 Å². The number of para-hydroxylation sites is 2. The molecule has 0 atom stereocenters. The van der Waals surface area contributed by atoms with Crippen molar-refractivity contribution >= 4 is 11.4 Å². The highest BCUT2D eigenvalue weighted by Gasteiger charge is 2.36. The zero-order chi connectivity index (χ0) is 19.4. The van der Waals surface area contributed by atoms with Crippen molar-refractivity contribution in [3.8, 4) is 0 Å². The van der Waals surface area contributed by atoms with Crippen molar-refractivity contribution in [1.82, 2.24) is 0 Å². The highest BCUT2D eigenvalue weighted by molar-refractivity contribution is 5.69. The van der Waals surface area contributed by atoms with Crippen LogP contribution < -0.4 is 4.90 Å². The molecule has 2 nitrogen and oxygen atoms in total. The van der Waals surface area contributed by atoms with Crippen LogP contribution in [0.5, 0.6) is 0 Å². The van der Waals surface area contributed by atoms with Crippen LogP contribution in [0.1, 0.15) is 16.7 Å². The maximum absolute atomic E-state index is 12.2. The summed E-state index contributed by atoms with van der Waals surface area (Å²) in [7, 11) is 2.03. The number of hydrogen-bond donors (Lipinski definition) is 1. The average molecular weight is 365 g/mol. The van der Waals surface area contributed by atoms with E-state index in [1.54, 1.807) is 0 Å². The molecule has 4 rings (SSSR count). The Hall–Kier alpha value is -3.36. The van der Waals surface area contributed by atoms with Gasteiger partial charge in [-0.2, -0.15) is 0 Å². The smallest absolute Gasteiger partial charge is 0.142 e. The predicted molar refractivity (Wildman–Crippen MR) is 116 cm³/mol. The maximum Gasteiger partial charge on any atom is 0.142 e. The molecule has 1 N–H and O–H groups in total. The predicted octanol–water partition coefficient (Wildman–Crippen LogP) is 5.74. The first kappa shape index (κ1) is 18.0. The Labute approximate surface area is 166 Å². The van der Waals surface area contributed by atoms with Gasteiger partial charge in [0.15, 0.2) is 0 Å². The topological polar surface area (TPSA) is 23.5 Å². The van der Waals surface area contributed by atoms with Gasteiger partial charge in [-0.05, 0) is 29.3 Å². The summed E-state index contributed by atoms with van der Waals surface area (Å²) < 4.78 is 0. The number of rotatable bonds is 5. The van der Waals surface area contributed by atoms with E-state index in [0.29, 0.717) is 0 Å².